The molecule has 0 radical (unpaired) electrons. The molecule has 1 aliphatic rings. The van der Waals surface area contributed by atoms with Crippen LogP contribution in [0.25, 0.3) is 11.1 Å². The molecule has 1 aliphatic carbocycles. The molecular formula is C24H20F2N2O6. The standard InChI is InChI=1S/C24H20F2N2O6/c25-24(26,22(30)31)13-28-21(29)20-10-9-14(34-20)11-27-23(32)33-12-19-17-7-3-1-5-15(17)16-6-2-4-8-18(16)19/h1-10,19H,11-13H2,(H,27,32)(H,28,29)(H,30,31). The number of rotatable bonds is 8. The molecule has 1 heterocycles. The number of fused-ring (bicyclic) bond motifs is 3. The number of alkyl halides is 2. The number of ether oxygens (including phenoxy) is 1. The molecule has 0 bridgehead atoms. The van der Waals surface area contributed by atoms with E-state index in [4.69, 9.17) is 14.3 Å². The highest BCUT2D eigenvalue weighted by Gasteiger charge is 2.39. The van der Waals surface area contributed by atoms with Gasteiger partial charge in [-0.25, -0.2) is 9.59 Å². The molecule has 1 aromatic heterocycles. The number of halogens is 2. The highest BCUT2D eigenvalue weighted by molar-refractivity contribution is 5.92. The number of hydrogen-bond acceptors (Lipinski definition) is 5. The Kier molecular flexibility index (Phi) is 6.31. The van der Waals surface area contributed by atoms with Gasteiger partial charge in [0.1, 0.15) is 12.4 Å². The van der Waals surface area contributed by atoms with Gasteiger partial charge in [0.25, 0.3) is 5.91 Å². The molecule has 0 saturated heterocycles. The molecule has 0 atom stereocenters. The Labute approximate surface area is 192 Å². The molecule has 2 amide bonds. The maximum absolute atomic E-state index is 13.1. The number of aliphatic carboxylic acids is 1. The second kappa shape index (κ2) is 9.34. The summed E-state index contributed by atoms with van der Waals surface area (Å²) < 4.78 is 36.8. The van der Waals surface area contributed by atoms with Crippen LogP contribution in [-0.4, -0.2) is 42.2 Å². The number of alkyl carbamates (subject to hydrolysis) is 1. The van der Waals surface area contributed by atoms with Crippen LogP contribution in [0.15, 0.2) is 65.1 Å². The lowest BCUT2D eigenvalue weighted by molar-refractivity contribution is -0.163. The lowest BCUT2D eigenvalue weighted by Crippen LogP contribution is -2.42. The predicted octanol–water partition coefficient (Wildman–Crippen LogP) is 3.77. The normalized spacial score (nSPS) is 12.5. The van der Waals surface area contributed by atoms with Gasteiger partial charge in [0.15, 0.2) is 5.76 Å². The van der Waals surface area contributed by atoms with Crippen molar-refractivity contribution in [1.29, 1.82) is 0 Å². The van der Waals surface area contributed by atoms with E-state index >= 15 is 0 Å². The Morgan fingerprint density at radius 1 is 0.941 bits per heavy atom. The molecule has 4 rings (SSSR count). The Morgan fingerprint density at radius 3 is 2.18 bits per heavy atom. The van der Waals surface area contributed by atoms with Crippen LogP contribution in [0, 0.1) is 0 Å². The first-order valence-corrected chi connectivity index (χ1v) is 10.3. The number of carboxylic acid groups (broad SMARTS) is 1. The average molecular weight is 470 g/mol. The summed E-state index contributed by atoms with van der Waals surface area (Å²) in [7, 11) is 0. The van der Waals surface area contributed by atoms with Gasteiger partial charge in [-0.2, -0.15) is 8.78 Å². The fraction of sp³-hybridized carbons (Fsp3) is 0.208. The van der Waals surface area contributed by atoms with E-state index in [-0.39, 0.29) is 30.6 Å². The predicted molar refractivity (Wildman–Crippen MR) is 116 cm³/mol. The van der Waals surface area contributed by atoms with Gasteiger partial charge in [0.05, 0.1) is 13.1 Å². The molecule has 0 saturated carbocycles. The summed E-state index contributed by atoms with van der Waals surface area (Å²) in [5.74, 6) is -7.67. The van der Waals surface area contributed by atoms with Crippen LogP contribution in [0.3, 0.4) is 0 Å². The molecular weight excluding hydrogens is 450 g/mol. The van der Waals surface area contributed by atoms with Crippen LogP contribution >= 0.6 is 0 Å². The van der Waals surface area contributed by atoms with Gasteiger partial charge in [0, 0.05) is 5.92 Å². The van der Waals surface area contributed by atoms with Crippen molar-refractivity contribution in [3.05, 3.63) is 83.3 Å². The highest BCUT2D eigenvalue weighted by Crippen LogP contribution is 2.44. The van der Waals surface area contributed by atoms with Crippen LogP contribution in [-0.2, 0) is 16.1 Å². The second-order valence-corrected chi connectivity index (χ2v) is 7.64. The first-order valence-electron chi connectivity index (χ1n) is 10.3. The van der Waals surface area contributed by atoms with E-state index in [9.17, 15) is 23.2 Å². The third-order valence-corrected chi connectivity index (χ3v) is 5.42. The van der Waals surface area contributed by atoms with Crippen LogP contribution in [0.1, 0.15) is 33.4 Å². The first-order chi connectivity index (χ1) is 16.3. The van der Waals surface area contributed by atoms with E-state index < -0.39 is 30.4 Å². The van der Waals surface area contributed by atoms with E-state index in [0.29, 0.717) is 0 Å². The fourth-order valence-corrected chi connectivity index (χ4v) is 3.76. The number of carbonyl (C=O) groups is 3. The Balaban J connectivity index is 1.29. The van der Waals surface area contributed by atoms with Crippen molar-refractivity contribution in [3.63, 3.8) is 0 Å². The summed E-state index contributed by atoms with van der Waals surface area (Å²) in [6.45, 7) is -1.35. The maximum Gasteiger partial charge on any atom is 0.407 e. The molecule has 2 aromatic carbocycles. The number of benzene rings is 2. The summed E-state index contributed by atoms with van der Waals surface area (Å²) >= 11 is 0. The third-order valence-electron chi connectivity index (χ3n) is 5.42. The number of hydrogen-bond donors (Lipinski definition) is 3. The van der Waals surface area contributed by atoms with E-state index in [1.54, 1.807) is 5.32 Å². The zero-order chi connectivity index (χ0) is 24.3. The zero-order valence-corrected chi connectivity index (χ0v) is 17.7. The molecule has 10 heteroatoms. The minimum atomic E-state index is -4.10. The Hall–Kier alpha value is -4.21. The van der Waals surface area contributed by atoms with E-state index in [0.717, 1.165) is 22.3 Å². The summed E-state index contributed by atoms with van der Waals surface area (Å²) in [5, 5.41) is 12.7. The molecule has 0 unspecified atom stereocenters. The highest BCUT2D eigenvalue weighted by atomic mass is 19.3. The molecule has 34 heavy (non-hydrogen) atoms. The molecule has 3 aromatic rings. The van der Waals surface area contributed by atoms with Gasteiger partial charge in [-0.1, -0.05) is 48.5 Å². The van der Waals surface area contributed by atoms with Crippen molar-refractivity contribution < 1.29 is 37.4 Å². The Morgan fingerprint density at radius 2 is 1.56 bits per heavy atom. The SMILES string of the molecule is O=C(NCc1ccc(C(=O)NCC(F)(F)C(=O)O)o1)OCC1c2ccccc2-c2ccccc21. The lowest BCUT2D eigenvalue weighted by atomic mass is 9.98. The number of amides is 2. The maximum atomic E-state index is 13.1. The first kappa shape index (κ1) is 23.0. The van der Waals surface area contributed by atoms with Crippen LogP contribution in [0.2, 0.25) is 0 Å². The summed E-state index contributed by atoms with van der Waals surface area (Å²) in [6.07, 6.45) is -0.689. The second-order valence-electron chi connectivity index (χ2n) is 7.64. The number of nitrogens with one attached hydrogen (secondary N) is 2. The van der Waals surface area contributed by atoms with E-state index in [2.05, 4.69) is 5.32 Å². The van der Waals surface area contributed by atoms with Gasteiger partial charge < -0.3 is 24.9 Å². The van der Waals surface area contributed by atoms with Gasteiger partial charge in [-0.05, 0) is 34.4 Å². The van der Waals surface area contributed by atoms with Crippen molar-refractivity contribution in [2.24, 2.45) is 0 Å². The largest absolute Gasteiger partial charge is 0.477 e. The molecule has 8 nitrogen and oxygen atoms in total. The van der Waals surface area contributed by atoms with Crippen LogP contribution in [0.5, 0.6) is 0 Å². The minimum Gasteiger partial charge on any atom is -0.477 e. The molecule has 3 N–H and O–H groups in total. The average Bonchev–Trinajstić information content (AvgIpc) is 3.43. The fourth-order valence-electron chi connectivity index (χ4n) is 3.76. The van der Waals surface area contributed by atoms with Crippen molar-refractivity contribution >= 4 is 18.0 Å². The molecule has 0 aliphatic heterocycles. The molecule has 0 spiro atoms. The van der Waals surface area contributed by atoms with Crippen molar-refractivity contribution in [2.45, 2.75) is 18.4 Å². The zero-order valence-electron chi connectivity index (χ0n) is 17.7. The molecule has 0 fully saturated rings. The van der Waals surface area contributed by atoms with E-state index in [1.165, 1.54) is 12.1 Å². The lowest BCUT2D eigenvalue weighted by Gasteiger charge is -2.14. The molecule has 176 valence electrons. The number of carbonyl (C=O) groups excluding carboxylic acids is 2. The monoisotopic (exact) mass is 470 g/mol. The van der Waals surface area contributed by atoms with Gasteiger partial charge >= 0.3 is 18.0 Å². The smallest absolute Gasteiger partial charge is 0.407 e. The minimum absolute atomic E-state index is 0.0963. The third kappa shape index (κ3) is 4.75. The van der Waals surface area contributed by atoms with Crippen LogP contribution < -0.4 is 10.6 Å². The quantitative estimate of drug-likeness (QED) is 0.461. The Bertz CT molecular complexity index is 1190. The summed E-state index contributed by atoms with van der Waals surface area (Å²) in [5.41, 5.74) is 4.36. The number of carboxylic acids is 1. The van der Waals surface area contributed by atoms with Gasteiger partial charge in [-0.15, -0.1) is 0 Å². The summed E-state index contributed by atoms with van der Waals surface area (Å²) in [4.78, 5) is 34.5. The van der Waals surface area contributed by atoms with Crippen molar-refractivity contribution in [1.82, 2.24) is 10.6 Å². The van der Waals surface area contributed by atoms with Crippen molar-refractivity contribution in [3.8, 4) is 11.1 Å². The topological polar surface area (TPSA) is 118 Å². The van der Waals surface area contributed by atoms with Gasteiger partial charge in [0.2, 0.25) is 0 Å². The van der Waals surface area contributed by atoms with Gasteiger partial charge in [-0.3, -0.25) is 4.79 Å². The summed E-state index contributed by atoms with van der Waals surface area (Å²) in [6, 6.07) is 18.5. The number of furan rings is 1. The van der Waals surface area contributed by atoms with Crippen LogP contribution in [0.4, 0.5) is 13.6 Å². The van der Waals surface area contributed by atoms with E-state index in [1.807, 2.05) is 48.5 Å². The van der Waals surface area contributed by atoms with Crippen molar-refractivity contribution in [2.75, 3.05) is 13.2 Å².